The van der Waals surface area contributed by atoms with Crippen molar-refractivity contribution in [1.29, 1.82) is 0 Å². The normalized spacial score (nSPS) is 12.9. The largest absolute Gasteiger partial charge is 0.462 e. The number of allylic oxidation sites excluding steroid dienone is 20. The summed E-state index contributed by atoms with van der Waals surface area (Å²) < 4.78 is 17.0. The van der Waals surface area contributed by atoms with Crippen LogP contribution in [0.1, 0.15) is 329 Å². The Morgan fingerprint density at radius 2 is 0.470 bits per heavy atom. The van der Waals surface area contributed by atoms with E-state index in [1.54, 1.807) is 0 Å². The Hall–Kier alpha value is -4.19. The van der Waals surface area contributed by atoms with Crippen molar-refractivity contribution in [2.75, 3.05) is 13.2 Å². The molecule has 6 nitrogen and oxygen atoms in total. The van der Waals surface area contributed by atoms with Gasteiger partial charge < -0.3 is 14.2 Å². The van der Waals surface area contributed by atoms with Crippen LogP contribution < -0.4 is 0 Å². The molecule has 0 rings (SSSR count). The van der Waals surface area contributed by atoms with E-state index < -0.39 is 6.10 Å². The topological polar surface area (TPSA) is 78.9 Å². The third kappa shape index (κ3) is 68.5. The summed E-state index contributed by atoms with van der Waals surface area (Å²) in [6, 6.07) is 0. The van der Waals surface area contributed by atoms with Crippen LogP contribution in [0.5, 0.6) is 0 Å². The monoisotopic (exact) mass is 1150 g/mol. The predicted octanol–water partition coefficient (Wildman–Crippen LogP) is 24.3. The maximum Gasteiger partial charge on any atom is 0.306 e. The quantitative estimate of drug-likeness (QED) is 0.0261. The maximum atomic E-state index is 12.9. The molecule has 1 atom stereocenters. The summed E-state index contributed by atoms with van der Waals surface area (Å²) in [7, 11) is 0. The molecule has 474 valence electrons. The molecular weight excluding hydrogens is 1020 g/mol. The lowest BCUT2D eigenvalue weighted by Crippen LogP contribution is -2.30. The van der Waals surface area contributed by atoms with Gasteiger partial charge in [0.2, 0.25) is 0 Å². The average Bonchev–Trinajstić information content (AvgIpc) is 3.49. The minimum absolute atomic E-state index is 0.0869. The van der Waals surface area contributed by atoms with Gasteiger partial charge in [0.1, 0.15) is 13.2 Å². The molecule has 0 aromatic carbocycles. The lowest BCUT2D eigenvalue weighted by molar-refractivity contribution is -0.167. The molecule has 0 saturated heterocycles. The van der Waals surface area contributed by atoms with Crippen molar-refractivity contribution in [3.05, 3.63) is 122 Å². The zero-order valence-electron chi connectivity index (χ0n) is 54.4. The Balaban J connectivity index is 4.37. The van der Waals surface area contributed by atoms with Crippen molar-refractivity contribution >= 4 is 17.9 Å². The fourth-order valence-corrected chi connectivity index (χ4v) is 9.68. The SMILES string of the molecule is CC/C=C\C/C=C\C/C=C\C/C=C\C/C=C\C/C=C\C/C=C\C/C=C\CCCCCCCCC(=O)OCC(COC(=O)CCCCCCCCC/C=C\CCCCCCCC)OC(=O)CCCCCCCCC/C=C\CCCCCCCC. The molecule has 0 aliphatic rings. The first-order valence-electron chi connectivity index (χ1n) is 35.0. The molecule has 0 aliphatic carbocycles. The van der Waals surface area contributed by atoms with Crippen LogP contribution >= 0.6 is 0 Å². The first kappa shape index (κ1) is 78.8. The van der Waals surface area contributed by atoms with Gasteiger partial charge in [0.25, 0.3) is 0 Å². The molecule has 0 radical (unpaired) electrons. The van der Waals surface area contributed by atoms with Gasteiger partial charge in [-0.2, -0.15) is 0 Å². The van der Waals surface area contributed by atoms with Crippen LogP contribution in [-0.2, 0) is 28.6 Å². The van der Waals surface area contributed by atoms with Gasteiger partial charge in [-0.25, -0.2) is 0 Å². The minimum atomic E-state index is -0.793. The predicted molar refractivity (Wildman–Crippen MR) is 362 cm³/mol. The van der Waals surface area contributed by atoms with Crippen LogP contribution in [0.4, 0.5) is 0 Å². The number of rotatable bonds is 63. The second-order valence-electron chi connectivity index (χ2n) is 23.1. The number of ether oxygens (including phenoxy) is 3. The number of carbonyl (C=O) groups excluding carboxylic acids is 3. The summed E-state index contributed by atoms with van der Waals surface area (Å²) in [6.07, 6.45) is 97.8. The van der Waals surface area contributed by atoms with Crippen molar-refractivity contribution < 1.29 is 28.6 Å². The van der Waals surface area contributed by atoms with Gasteiger partial charge in [-0.05, 0) is 135 Å². The van der Waals surface area contributed by atoms with E-state index in [-0.39, 0.29) is 31.1 Å². The van der Waals surface area contributed by atoms with E-state index in [0.29, 0.717) is 19.3 Å². The number of carbonyl (C=O) groups is 3. The first-order chi connectivity index (χ1) is 41.0. The summed E-state index contributed by atoms with van der Waals surface area (Å²) in [6.45, 7) is 6.53. The molecule has 0 aromatic rings. The molecule has 0 saturated carbocycles. The van der Waals surface area contributed by atoms with Crippen LogP contribution in [0.25, 0.3) is 0 Å². The standard InChI is InChI=1S/C77H130O6/c1-4-7-10-13-16-19-22-25-28-31-32-33-34-35-36-37-38-39-40-41-42-43-44-47-49-52-55-58-61-64-67-70-76(79)82-73-74(83-77(80)71-68-65-62-59-56-53-50-46-30-27-24-21-18-15-12-9-6-3)72-81-75(78)69-66-63-60-57-54-51-48-45-29-26-23-20-17-14-11-8-5-2/h7,10,16,19,25-30,32-33,35-36,38-39,41-42,44,47,74H,4-6,8-9,11-15,17-18,20-24,31,34,37,40,43,45-46,48-73H2,1-3H3/b10-7-,19-16-,28-25-,29-26-,30-27-,33-32-,36-35-,39-38-,42-41-,47-44-. The number of hydrogen-bond donors (Lipinski definition) is 0. The van der Waals surface area contributed by atoms with E-state index in [9.17, 15) is 14.4 Å². The second kappa shape index (κ2) is 70.3. The van der Waals surface area contributed by atoms with E-state index in [1.165, 1.54) is 167 Å². The van der Waals surface area contributed by atoms with Gasteiger partial charge in [0.15, 0.2) is 6.10 Å². The summed E-state index contributed by atoms with van der Waals surface area (Å²) in [5.74, 6) is -0.900. The molecule has 0 amide bonds. The van der Waals surface area contributed by atoms with Gasteiger partial charge >= 0.3 is 17.9 Å². The average molecular weight is 1150 g/mol. The summed E-state index contributed by atoms with van der Waals surface area (Å²) in [4.78, 5) is 38.4. The lowest BCUT2D eigenvalue weighted by Gasteiger charge is -2.18. The molecule has 0 aliphatic heterocycles. The molecule has 0 heterocycles. The zero-order valence-corrected chi connectivity index (χ0v) is 54.4. The van der Waals surface area contributed by atoms with Crippen molar-refractivity contribution in [3.8, 4) is 0 Å². The summed E-state index contributed by atoms with van der Waals surface area (Å²) in [5.41, 5.74) is 0. The lowest BCUT2D eigenvalue weighted by atomic mass is 10.1. The third-order valence-electron chi connectivity index (χ3n) is 14.9. The van der Waals surface area contributed by atoms with E-state index in [4.69, 9.17) is 14.2 Å². The Morgan fingerprint density at radius 1 is 0.253 bits per heavy atom. The van der Waals surface area contributed by atoms with Gasteiger partial charge in [-0.1, -0.05) is 296 Å². The molecule has 0 fully saturated rings. The van der Waals surface area contributed by atoms with Crippen molar-refractivity contribution in [2.45, 2.75) is 335 Å². The third-order valence-corrected chi connectivity index (χ3v) is 14.9. The smallest absolute Gasteiger partial charge is 0.306 e. The minimum Gasteiger partial charge on any atom is -0.462 e. The molecule has 0 N–H and O–H groups in total. The summed E-state index contributed by atoms with van der Waals surface area (Å²) >= 11 is 0. The summed E-state index contributed by atoms with van der Waals surface area (Å²) in [5, 5.41) is 0. The zero-order chi connectivity index (χ0) is 59.9. The molecule has 83 heavy (non-hydrogen) atoms. The van der Waals surface area contributed by atoms with Crippen LogP contribution in [0, 0.1) is 0 Å². The Bertz CT molecular complexity index is 1700. The highest BCUT2D eigenvalue weighted by Crippen LogP contribution is 2.16. The Kier molecular flexibility index (Phi) is 66.7. The number of unbranched alkanes of at least 4 members (excludes halogenated alkanes) is 32. The van der Waals surface area contributed by atoms with Gasteiger partial charge in [0.05, 0.1) is 0 Å². The highest BCUT2D eigenvalue weighted by atomic mass is 16.6. The van der Waals surface area contributed by atoms with E-state index in [2.05, 4.69) is 142 Å². The van der Waals surface area contributed by atoms with E-state index in [0.717, 1.165) is 122 Å². The van der Waals surface area contributed by atoms with E-state index >= 15 is 0 Å². The molecule has 6 heteroatoms. The van der Waals surface area contributed by atoms with Gasteiger partial charge in [0, 0.05) is 19.3 Å². The van der Waals surface area contributed by atoms with E-state index in [1.807, 2.05) is 0 Å². The second-order valence-corrected chi connectivity index (χ2v) is 23.1. The molecule has 1 unspecified atom stereocenters. The highest BCUT2D eigenvalue weighted by Gasteiger charge is 2.19. The van der Waals surface area contributed by atoms with Crippen LogP contribution in [-0.4, -0.2) is 37.2 Å². The first-order valence-corrected chi connectivity index (χ1v) is 35.0. The Labute approximate surface area is 513 Å². The highest BCUT2D eigenvalue weighted by molar-refractivity contribution is 5.71. The fraction of sp³-hybridized carbons (Fsp3) is 0.701. The van der Waals surface area contributed by atoms with Crippen molar-refractivity contribution in [1.82, 2.24) is 0 Å². The molecular formula is C77H130O6. The number of esters is 3. The van der Waals surface area contributed by atoms with Crippen LogP contribution in [0.2, 0.25) is 0 Å². The van der Waals surface area contributed by atoms with Crippen molar-refractivity contribution in [3.63, 3.8) is 0 Å². The Morgan fingerprint density at radius 3 is 0.747 bits per heavy atom. The van der Waals surface area contributed by atoms with Crippen molar-refractivity contribution in [2.24, 2.45) is 0 Å². The number of hydrogen-bond acceptors (Lipinski definition) is 6. The maximum absolute atomic E-state index is 12.9. The molecule has 0 bridgehead atoms. The fourth-order valence-electron chi connectivity index (χ4n) is 9.68. The van der Waals surface area contributed by atoms with Crippen LogP contribution in [0.3, 0.4) is 0 Å². The molecule has 0 spiro atoms. The van der Waals surface area contributed by atoms with Gasteiger partial charge in [-0.3, -0.25) is 14.4 Å². The molecule has 0 aromatic heterocycles. The van der Waals surface area contributed by atoms with Crippen LogP contribution in [0.15, 0.2) is 122 Å². The van der Waals surface area contributed by atoms with Gasteiger partial charge in [-0.15, -0.1) is 0 Å².